The molecule has 0 saturated heterocycles. The summed E-state index contributed by atoms with van der Waals surface area (Å²) in [5.74, 6) is -1.88. The molecular formula is C26H27N3O5S. The van der Waals surface area contributed by atoms with Crippen molar-refractivity contribution in [1.29, 1.82) is 0 Å². The minimum atomic E-state index is -1.09. The molecule has 182 valence electrons. The van der Waals surface area contributed by atoms with E-state index in [1.54, 1.807) is 20.8 Å². The number of nitrogens with zero attached hydrogens (tertiary/aromatic N) is 1. The van der Waals surface area contributed by atoms with E-state index in [9.17, 15) is 19.5 Å². The fraction of sp³-hybridized carbons (Fsp3) is 0.308. The van der Waals surface area contributed by atoms with Crippen LogP contribution < -0.4 is 10.6 Å². The topological polar surface area (TPSA) is 118 Å². The highest BCUT2D eigenvalue weighted by atomic mass is 32.1. The number of ether oxygens (including phenoxy) is 1. The molecule has 0 unspecified atom stereocenters. The van der Waals surface area contributed by atoms with Gasteiger partial charge in [0.25, 0.3) is 5.91 Å². The minimum Gasteiger partial charge on any atom is -0.480 e. The number of hydrogen-bond donors (Lipinski definition) is 3. The van der Waals surface area contributed by atoms with E-state index < -0.39 is 24.0 Å². The maximum Gasteiger partial charge on any atom is 0.407 e. The van der Waals surface area contributed by atoms with E-state index in [2.05, 4.69) is 39.9 Å². The van der Waals surface area contributed by atoms with E-state index in [1.165, 1.54) is 0 Å². The molecule has 0 radical (unpaired) electrons. The van der Waals surface area contributed by atoms with Gasteiger partial charge in [-0.3, -0.25) is 4.79 Å². The first-order valence-corrected chi connectivity index (χ1v) is 12.2. The number of nitrogens with one attached hydrogen (secondary N) is 2. The zero-order chi connectivity index (χ0) is 25.1. The van der Waals surface area contributed by atoms with Crippen LogP contribution in [-0.4, -0.2) is 40.7 Å². The van der Waals surface area contributed by atoms with Gasteiger partial charge in [0.2, 0.25) is 0 Å². The number of amides is 2. The molecule has 4 rings (SSSR count). The number of aliphatic carboxylic acids is 1. The summed E-state index contributed by atoms with van der Waals surface area (Å²) in [4.78, 5) is 41.0. The number of carboxylic acids is 1. The monoisotopic (exact) mass is 493 g/mol. The number of fused-ring (bicyclic) bond motifs is 3. The van der Waals surface area contributed by atoms with E-state index in [4.69, 9.17) is 4.74 Å². The van der Waals surface area contributed by atoms with Crippen molar-refractivity contribution < 1.29 is 24.2 Å². The summed E-state index contributed by atoms with van der Waals surface area (Å²) in [6, 6.07) is 15.2. The van der Waals surface area contributed by atoms with Gasteiger partial charge in [-0.1, -0.05) is 62.4 Å². The van der Waals surface area contributed by atoms with Crippen LogP contribution in [0.15, 0.2) is 48.5 Å². The van der Waals surface area contributed by atoms with Crippen LogP contribution in [-0.2, 0) is 16.1 Å². The first-order chi connectivity index (χ1) is 16.8. The molecule has 0 spiro atoms. The second kappa shape index (κ2) is 10.3. The summed E-state index contributed by atoms with van der Waals surface area (Å²) >= 11 is 1.11. The first kappa shape index (κ1) is 24.4. The molecule has 35 heavy (non-hydrogen) atoms. The molecule has 3 aromatic rings. The summed E-state index contributed by atoms with van der Waals surface area (Å²) < 4.78 is 5.53. The number of alkyl carbamates (subject to hydrolysis) is 1. The summed E-state index contributed by atoms with van der Waals surface area (Å²) in [6.07, 6.45) is -0.573. The molecule has 0 aliphatic heterocycles. The molecule has 9 heteroatoms. The van der Waals surface area contributed by atoms with E-state index in [1.807, 2.05) is 24.3 Å². The second-order valence-corrected chi connectivity index (χ2v) is 9.82. The minimum absolute atomic E-state index is 0.0336. The molecule has 2 amide bonds. The van der Waals surface area contributed by atoms with E-state index >= 15 is 0 Å². The summed E-state index contributed by atoms with van der Waals surface area (Å²) in [6.45, 7) is 5.43. The summed E-state index contributed by atoms with van der Waals surface area (Å²) in [7, 11) is 0. The lowest BCUT2D eigenvalue weighted by atomic mass is 9.98. The Kier molecular flexibility index (Phi) is 7.16. The fourth-order valence-electron chi connectivity index (χ4n) is 4.26. The molecule has 1 aromatic heterocycles. The molecule has 2 aromatic carbocycles. The molecule has 0 saturated carbocycles. The third-order valence-electron chi connectivity index (χ3n) is 5.99. The number of benzene rings is 2. The van der Waals surface area contributed by atoms with Crippen LogP contribution in [0.5, 0.6) is 0 Å². The predicted octanol–water partition coefficient (Wildman–Crippen LogP) is 4.33. The van der Waals surface area contributed by atoms with Crippen molar-refractivity contribution in [3.63, 3.8) is 0 Å². The van der Waals surface area contributed by atoms with Crippen LogP contribution in [0, 0.1) is 12.8 Å². The van der Waals surface area contributed by atoms with E-state index in [0.717, 1.165) is 33.6 Å². The van der Waals surface area contributed by atoms with Gasteiger partial charge in [-0.05, 0) is 35.1 Å². The Hall–Kier alpha value is -3.72. The molecule has 3 N–H and O–H groups in total. The zero-order valence-corrected chi connectivity index (χ0v) is 20.5. The van der Waals surface area contributed by atoms with Gasteiger partial charge in [0.05, 0.1) is 12.2 Å². The van der Waals surface area contributed by atoms with Crippen molar-refractivity contribution in [2.24, 2.45) is 5.92 Å². The highest BCUT2D eigenvalue weighted by molar-refractivity contribution is 7.13. The molecule has 1 heterocycles. The number of carboxylic acid groups (broad SMARTS) is 1. The van der Waals surface area contributed by atoms with Gasteiger partial charge in [0, 0.05) is 5.92 Å². The van der Waals surface area contributed by atoms with Gasteiger partial charge in [0.1, 0.15) is 22.5 Å². The average Bonchev–Trinajstić information content (AvgIpc) is 3.37. The van der Waals surface area contributed by atoms with Gasteiger partial charge in [0.15, 0.2) is 0 Å². The van der Waals surface area contributed by atoms with Crippen LogP contribution in [0.1, 0.15) is 51.3 Å². The SMILES string of the molecule is Cc1nc(CNC(=O)OCC2c3ccccc3-c3ccccc32)sc1C(=O)N[C@@H](C(=O)O)C(C)C. The van der Waals surface area contributed by atoms with E-state index in [-0.39, 0.29) is 25.0 Å². The third-order valence-corrected chi connectivity index (χ3v) is 7.15. The van der Waals surface area contributed by atoms with Gasteiger partial charge in [-0.2, -0.15) is 0 Å². The second-order valence-electron chi connectivity index (χ2n) is 8.73. The predicted molar refractivity (Wildman–Crippen MR) is 132 cm³/mol. The Morgan fingerprint density at radius 2 is 1.66 bits per heavy atom. The zero-order valence-electron chi connectivity index (χ0n) is 19.7. The smallest absolute Gasteiger partial charge is 0.407 e. The van der Waals surface area contributed by atoms with Crippen molar-refractivity contribution in [3.05, 3.63) is 75.2 Å². The average molecular weight is 494 g/mol. The maximum atomic E-state index is 12.6. The molecule has 8 nitrogen and oxygen atoms in total. The van der Waals surface area contributed by atoms with Gasteiger partial charge in [-0.25, -0.2) is 14.6 Å². The lowest BCUT2D eigenvalue weighted by Crippen LogP contribution is -2.44. The molecular weight excluding hydrogens is 466 g/mol. The van der Waals surface area contributed by atoms with Crippen molar-refractivity contribution in [3.8, 4) is 11.1 Å². The molecule has 1 aliphatic rings. The lowest BCUT2D eigenvalue weighted by Gasteiger charge is -2.17. The number of carbonyl (C=O) groups excluding carboxylic acids is 2. The molecule has 0 bridgehead atoms. The van der Waals surface area contributed by atoms with Crippen LogP contribution >= 0.6 is 11.3 Å². The van der Waals surface area contributed by atoms with Gasteiger partial charge in [-0.15, -0.1) is 11.3 Å². The highest BCUT2D eigenvalue weighted by Crippen LogP contribution is 2.44. The Balaban J connectivity index is 1.35. The normalized spacial score (nSPS) is 13.1. The summed E-state index contributed by atoms with van der Waals surface area (Å²) in [5, 5.41) is 15.1. The van der Waals surface area contributed by atoms with Crippen molar-refractivity contribution >= 4 is 29.3 Å². The Bertz CT molecular complexity index is 1220. The molecule has 1 atom stereocenters. The number of aromatic nitrogens is 1. The first-order valence-electron chi connectivity index (χ1n) is 11.3. The third kappa shape index (κ3) is 5.19. The van der Waals surface area contributed by atoms with Crippen molar-refractivity contribution in [1.82, 2.24) is 15.6 Å². The standard InChI is InChI=1S/C26H27N3O5S/c1-14(2)22(25(31)32)29-24(30)23-15(3)28-21(35-23)12-27-26(33)34-13-20-18-10-6-4-8-16(18)17-9-5-7-11-19(17)20/h4-11,14,20,22H,12-13H2,1-3H3,(H,27,33)(H,29,30)(H,31,32)/t22-/m1/s1. The Labute approximate surface area is 207 Å². The summed E-state index contributed by atoms with van der Waals surface area (Å²) in [5.41, 5.74) is 5.06. The quantitative estimate of drug-likeness (QED) is 0.430. The Morgan fingerprint density at radius 3 is 2.23 bits per heavy atom. The maximum absolute atomic E-state index is 12.6. The molecule has 0 fully saturated rings. The molecule has 1 aliphatic carbocycles. The largest absolute Gasteiger partial charge is 0.480 e. The van der Waals surface area contributed by atoms with Crippen LogP contribution in [0.2, 0.25) is 0 Å². The fourth-order valence-corrected chi connectivity index (χ4v) is 5.16. The van der Waals surface area contributed by atoms with Crippen LogP contribution in [0.4, 0.5) is 4.79 Å². The number of carbonyl (C=O) groups is 3. The van der Waals surface area contributed by atoms with Crippen molar-refractivity contribution in [2.45, 2.75) is 39.3 Å². The lowest BCUT2D eigenvalue weighted by molar-refractivity contribution is -0.140. The number of aryl methyl sites for hydroxylation is 1. The Morgan fingerprint density at radius 1 is 1.06 bits per heavy atom. The van der Waals surface area contributed by atoms with E-state index in [0.29, 0.717) is 15.6 Å². The number of thiazole rings is 1. The van der Waals surface area contributed by atoms with Gasteiger partial charge < -0.3 is 20.5 Å². The van der Waals surface area contributed by atoms with Crippen molar-refractivity contribution in [2.75, 3.05) is 6.61 Å². The van der Waals surface area contributed by atoms with Gasteiger partial charge >= 0.3 is 12.1 Å². The highest BCUT2D eigenvalue weighted by Gasteiger charge is 2.29. The number of hydrogen-bond acceptors (Lipinski definition) is 6. The van der Waals surface area contributed by atoms with Crippen LogP contribution in [0.3, 0.4) is 0 Å². The van der Waals surface area contributed by atoms with Crippen LogP contribution in [0.25, 0.3) is 11.1 Å². The number of rotatable bonds is 8.